The van der Waals surface area contributed by atoms with Crippen molar-refractivity contribution in [3.63, 3.8) is 0 Å². The van der Waals surface area contributed by atoms with Gasteiger partial charge in [0.05, 0.1) is 25.8 Å². The van der Waals surface area contributed by atoms with Crippen LogP contribution in [0.1, 0.15) is 67.3 Å². The molecule has 0 saturated carbocycles. The fourth-order valence-corrected chi connectivity index (χ4v) is 6.11. The van der Waals surface area contributed by atoms with Gasteiger partial charge in [-0.1, -0.05) is 18.7 Å². The lowest BCUT2D eigenvalue weighted by molar-refractivity contribution is -0.141. The van der Waals surface area contributed by atoms with Gasteiger partial charge in [0.1, 0.15) is 0 Å². The van der Waals surface area contributed by atoms with Crippen molar-refractivity contribution >= 4 is 41.6 Å². The van der Waals surface area contributed by atoms with E-state index < -0.39 is 11.6 Å². The van der Waals surface area contributed by atoms with Crippen LogP contribution >= 0.6 is 0 Å². The molecule has 4 N–H and O–H groups in total. The number of ether oxygens (including phenoxy) is 2. The fraction of sp³-hybridized carbons (Fsp3) is 0.400. The van der Waals surface area contributed by atoms with E-state index in [2.05, 4.69) is 26.9 Å². The molecule has 2 aromatic rings. The molecule has 46 heavy (non-hydrogen) atoms. The molecule has 2 atom stereocenters. The van der Waals surface area contributed by atoms with E-state index in [1.54, 1.807) is 6.92 Å². The number of hydrogen-bond donors (Lipinski definition) is 4. The number of carbonyl (C=O) groups excluding carboxylic acids is 4. The highest BCUT2D eigenvalue weighted by Gasteiger charge is 2.41. The minimum absolute atomic E-state index is 0.0585. The van der Waals surface area contributed by atoms with E-state index in [1.165, 1.54) is 20.3 Å². The second kappa shape index (κ2) is 13.7. The average Bonchev–Trinajstić information content (AvgIpc) is 3.65. The molecule has 2 aliphatic heterocycles. The Kier molecular flexibility index (Phi) is 10.2. The predicted molar refractivity (Wildman–Crippen MR) is 174 cm³/mol. The van der Waals surface area contributed by atoms with Gasteiger partial charge in [0, 0.05) is 46.9 Å². The maximum atomic E-state index is 12.5. The van der Waals surface area contributed by atoms with Crippen molar-refractivity contribution in [3.05, 3.63) is 79.8 Å². The van der Waals surface area contributed by atoms with Crippen molar-refractivity contribution in [2.75, 3.05) is 14.2 Å². The van der Waals surface area contributed by atoms with Gasteiger partial charge in [0.15, 0.2) is 5.72 Å². The van der Waals surface area contributed by atoms with Gasteiger partial charge in [-0.05, 0) is 93.0 Å². The van der Waals surface area contributed by atoms with E-state index in [0.29, 0.717) is 41.1 Å². The number of aliphatic imine (C=N–C) groups is 1. The number of esters is 2. The lowest BCUT2D eigenvalue weighted by Gasteiger charge is -2.24. The zero-order chi connectivity index (χ0) is 33.9. The van der Waals surface area contributed by atoms with Gasteiger partial charge in [-0.2, -0.15) is 0 Å². The van der Waals surface area contributed by atoms with Crippen LogP contribution in [0.3, 0.4) is 0 Å². The van der Waals surface area contributed by atoms with Crippen LogP contribution in [0.2, 0.25) is 0 Å². The van der Waals surface area contributed by atoms with Crippen molar-refractivity contribution in [1.29, 1.82) is 0 Å². The summed E-state index contributed by atoms with van der Waals surface area (Å²) >= 11 is 0. The largest absolute Gasteiger partial charge is 0.469 e. The molecule has 4 heterocycles. The maximum absolute atomic E-state index is 12.5. The third kappa shape index (κ3) is 6.60. The average molecular weight is 631 g/mol. The molecule has 0 fully saturated rings. The Morgan fingerprint density at radius 3 is 2.17 bits per heavy atom. The monoisotopic (exact) mass is 630 g/mol. The van der Waals surface area contributed by atoms with E-state index >= 15 is 0 Å². The molecule has 244 valence electrons. The molecule has 11 heteroatoms. The number of aromatic amines is 2. The summed E-state index contributed by atoms with van der Waals surface area (Å²) in [7, 11) is 2.69. The standard InChI is InChI=1S/C35H42N4O7/c1-9-22-20(5)33(42)38-27(22)15-26-18(3)24(11-13-31(40)45-7)28(36-26)16-29-25(12-14-32(41)46-8)19(4)30(37-29)17-35(44)21(6)23(10-2)34(43)39-35/h9-10,15-16,20,36-37,44H,2,11-14,17H2,1,3-8H3,(H,39,43). The van der Waals surface area contributed by atoms with Gasteiger partial charge < -0.3 is 29.9 Å². The molecule has 2 aromatic heterocycles. The lowest BCUT2D eigenvalue weighted by atomic mass is 9.95. The molecule has 11 nitrogen and oxygen atoms in total. The number of aliphatic hydroxyl groups is 1. The Morgan fingerprint density at radius 2 is 1.61 bits per heavy atom. The topological polar surface area (TPSA) is 163 Å². The molecule has 0 spiro atoms. The van der Waals surface area contributed by atoms with Crippen molar-refractivity contribution < 1.29 is 33.8 Å². The molecule has 4 rings (SSSR count). The number of carbonyl (C=O) groups is 4. The summed E-state index contributed by atoms with van der Waals surface area (Å²) in [5.41, 5.74) is 5.41. The summed E-state index contributed by atoms with van der Waals surface area (Å²) < 4.78 is 9.79. The van der Waals surface area contributed by atoms with Crippen LogP contribution in [-0.2, 0) is 47.9 Å². The molecule has 0 saturated heterocycles. The molecule has 2 aliphatic rings. The molecule has 0 bridgehead atoms. The van der Waals surface area contributed by atoms with Crippen LogP contribution in [0.4, 0.5) is 0 Å². The fourth-order valence-electron chi connectivity index (χ4n) is 6.11. The number of aromatic nitrogens is 2. The number of nitrogens with one attached hydrogen (secondary N) is 3. The summed E-state index contributed by atoms with van der Waals surface area (Å²) in [6.07, 6.45) is 8.16. The number of amides is 2. The maximum Gasteiger partial charge on any atom is 0.305 e. The van der Waals surface area contributed by atoms with Gasteiger partial charge in [-0.3, -0.25) is 19.2 Å². The Morgan fingerprint density at radius 1 is 0.978 bits per heavy atom. The number of hydrogen-bond acceptors (Lipinski definition) is 7. The smallest absolute Gasteiger partial charge is 0.305 e. The third-order valence-corrected chi connectivity index (χ3v) is 9.05. The first-order chi connectivity index (χ1) is 21.8. The first-order valence-corrected chi connectivity index (χ1v) is 15.2. The Balaban J connectivity index is 1.89. The number of H-pyrrole nitrogens is 2. The predicted octanol–water partition coefficient (Wildman–Crippen LogP) is 2.21. The Hall–Kier alpha value is -4.77. The van der Waals surface area contributed by atoms with Gasteiger partial charge >= 0.3 is 11.9 Å². The van der Waals surface area contributed by atoms with Gasteiger partial charge in [0.25, 0.3) is 11.8 Å². The summed E-state index contributed by atoms with van der Waals surface area (Å²) in [5, 5.41) is 15.6. The number of rotatable bonds is 11. The van der Waals surface area contributed by atoms with Crippen LogP contribution in [0, 0.1) is 19.8 Å². The van der Waals surface area contributed by atoms with Gasteiger partial charge in [-0.25, -0.2) is 4.99 Å². The molecule has 0 aliphatic carbocycles. The molecule has 2 amide bonds. The zero-order valence-corrected chi connectivity index (χ0v) is 27.5. The molecule has 2 unspecified atom stereocenters. The van der Waals surface area contributed by atoms with Crippen LogP contribution in [-0.4, -0.2) is 64.5 Å². The van der Waals surface area contributed by atoms with Crippen molar-refractivity contribution in [2.45, 2.75) is 72.4 Å². The highest BCUT2D eigenvalue weighted by Crippen LogP contribution is 2.31. The third-order valence-electron chi connectivity index (χ3n) is 9.05. The van der Waals surface area contributed by atoms with Crippen molar-refractivity contribution in [3.8, 4) is 0 Å². The van der Waals surface area contributed by atoms with Gasteiger partial charge in [0.2, 0.25) is 0 Å². The highest BCUT2D eigenvalue weighted by atomic mass is 16.5. The van der Waals surface area contributed by atoms with Crippen LogP contribution in [0.25, 0.3) is 12.2 Å². The Labute approximate surface area is 267 Å². The second-order valence-corrected chi connectivity index (χ2v) is 11.7. The summed E-state index contributed by atoms with van der Waals surface area (Å²) in [4.78, 5) is 60.3. The van der Waals surface area contributed by atoms with Crippen LogP contribution in [0.5, 0.6) is 0 Å². The van der Waals surface area contributed by atoms with Crippen molar-refractivity contribution in [1.82, 2.24) is 15.3 Å². The number of methoxy groups -OCH3 is 2. The Bertz CT molecular complexity index is 1840. The normalized spacial score (nSPS) is 21.3. The first kappa shape index (κ1) is 34.1. The van der Waals surface area contributed by atoms with Crippen LogP contribution < -0.4 is 16.0 Å². The molecule has 0 radical (unpaired) electrons. The quantitative estimate of drug-likeness (QED) is 0.277. The van der Waals surface area contributed by atoms with Gasteiger partial charge in [-0.15, -0.1) is 0 Å². The second-order valence-electron chi connectivity index (χ2n) is 11.7. The minimum Gasteiger partial charge on any atom is -0.469 e. The summed E-state index contributed by atoms with van der Waals surface area (Å²) in [5.74, 6) is -1.64. The number of nitrogens with zero attached hydrogens (tertiary/aromatic N) is 1. The molecular formula is C35H42N4O7. The SMILES string of the molecule is C=CC1=C(C)C(O)(Cc2[nH]c(C=c3[nH]c(=CC4=NC(=O)C(C)C4=CC)c(C)c3CCC(=O)OC)c(CCC(=O)OC)c2C)NC1=O. The summed E-state index contributed by atoms with van der Waals surface area (Å²) in [6.45, 7) is 12.9. The number of allylic oxidation sites excluding steroid dienone is 1. The van der Waals surface area contributed by atoms with E-state index in [9.17, 15) is 24.3 Å². The van der Waals surface area contributed by atoms with Crippen LogP contribution in [0.15, 0.2) is 40.4 Å². The highest BCUT2D eigenvalue weighted by molar-refractivity contribution is 6.29. The van der Waals surface area contributed by atoms with Crippen molar-refractivity contribution in [2.24, 2.45) is 10.9 Å². The zero-order valence-electron chi connectivity index (χ0n) is 27.5. The molecule has 0 aromatic carbocycles. The van der Waals surface area contributed by atoms with E-state index in [4.69, 9.17) is 9.47 Å². The lowest BCUT2D eigenvalue weighted by Crippen LogP contribution is -2.46. The van der Waals surface area contributed by atoms with E-state index in [0.717, 1.165) is 38.5 Å². The first-order valence-electron chi connectivity index (χ1n) is 15.2. The van der Waals surface area contributed by atoms with E-state index in [-0.39, 0.29) is 43.0 Å². The molecular weight excluding hydrogens is 588 g/mol. The minimum atomic E-state index is -1.62. The van der Waals surface area contributed by atoms with E-state index in [1.807, 2.05) is 45.9 Å². The summed E-state index contributed by atoms with van der Waals surface area (Å²) in [6, 6.07) is 0.